The van der Waals surface area contributed by atoms with Crippen LogP contribution in [-0.4, -0.2) is 23.8 Å². The van der Waals surface area contributed by atoms with Gasteiger partial charge in [0.05, 0.1) is 6.61 Å². The number of benzene rings is 1. The Morgan fingerprint density at radius 2 is 2.06 bits per heavy atom. The van der Waals surface area contributed by atoms with Crippen molar-refractivity contribution in [2.24, 2.45) is 0 Å². The summed E-state index contributed by atoms with van der Waals surface area (Å²) in [5.74, 6) is -0.555. The highest BCUT2D eigenvalue weighted by atomic mass is 16.5. The minimum Gasteiger partial charge on any atom is -0.464 e. The van der Waals surface area contributed by atoms with Crippen LogP contribution in [0, 0.1) is 13.8 Å². The van der Waals surface area contributed by atoms with Gasteiger partial charge < -0.3 is 9.84 Å². The Morgan fingerprint density at radius 3 is 2.62 bits per heavy atom. The molecule has 0 radical (unpaired) electrons. The van der Waals surface area contributed by atoms with Gasteiger partial charge in [-0.25, -0.2) is 4.79 Å². The van der Waals surface area contributed by atoms with Crippen LogP contribution in [0.3, 0.4) is 0 Å². The molecule has 3 heteroatoms. The predicted octanol–water partition coefficient (Wildman–Crippen LogP) is 1.77. The lowest BCUT2D eigenvalue weighted by Crippen LogP contribution is -2.25. The average Bonchev–Trinajstić information content (AvgIpc) is 2.24. The van der Waals surface area contributed by atoms with Gasteiger partial charge in [0.1, 0.15) is 0 Å². The molecule has 1 unspecified atom stereocenters. The highest BCUT2D eigenvalue weighted by molar-refractivity contribution is 5.74. The Morgan fingerprint density at radius 1 is 1.38 bits per heavy atom. The van der Waals surface area contributed by atoms with Crippen LogP contribution in [0.25, 0.3) is 0 Å². The van der Waals surface area contributed by atoms with Crippen LogP contribution in [0.1, 0.15) is 23.6 Å². The molecule has 0 saturated carbocycles. The van der Waals surface area contributed by atoms with E-state index in [0.717, 1.165) is 11.1 Å². The molecule has 0 aliphatic carbocycles. The molecule has 0 amide bonds. The molecule has 0 bridgehead atoms. The van der Waals surface area contributed by atoms with Gasteiger partial charge in [0.15, 0.2) is 6.10 Å². The summed E-state index contributed by atoms with van der Waals surface area (Å²) in [6.07, 6.45) is -0.762. The van der Waals surface area contributed by atoms with Crippen LogP contribution in [0.15, 0.2) is 18.2 Å². The van der Waals surface area contributed by atoms with E-state index in [1.807, 2.05) is 32.0 Å². The van der Waals surface area contributed by atoms with Crippen LogP contribution >= 0.6 is 0 Å². The zero-order valence-electron chi connectivity index (χ0n) is 9.99. The van der Waals surface area contributed by atoms with Crippen molar-refractivity contribution in [1.82, 2.24) is 0 Å². The lowest BCUT2D eigenvalue weighted by Gasteiger charge is -2.10. The molecule has 3 nitrogen and oxygen atoms in total. The maximum absolute atomic E-state index is 11.2. The summed E-state index contributed by atoms with van der Waals surface area (Å²) < 4.78 is 4.74. The Hall–Kier alpha value is -1.35. The molecule has 0 aromatic heterocycles. The maximum atomic E-state index is 11.2. The maximum Gasteiger partial charge on any atom is 0.335 e. The fourth-order valence-corrected chi connectivity index (χ4v) is 1.48. The average molecular weight is 222 g/mol. The van der Waals surface area contributed by atoms with Crippen molar-refractivity contribution in [3.05, 3.63) is 34.9 Å². The van der Waals surface area contributed by atoms with Crippen LogP contribution in [0.2, 0.25) is 0 Å². The van der Waals surface area contributed by atoms with Crippen LogP contribution in [0.4, 0.5) is 0 Å². The molecule has 1 rings (SSSR count). The van der Waals surface area contributed by atoms with E-state index in [2.05, 4.69) is 0 Å². The molecule has 1 aromatic carbocycles. The zero-order chi connectivity index (χ0) is 12.1. The molecule has 0 spiro atoms. The fourth-order valence-electron chi connectivity index (χ4n) is 1.48. The van der Waals surface area contributed by atoms with E-state index in [-0.39, 0.29) is 0 Å². The summed E-state index contributed by atoms with van der Waals surface area (Å²) in [5.41, 5.74) is 3.31. The summed E-state index contributed by atoms with van der Waals surface area (Å²) >= 11 is 0. The van der Waals surface area contributed by atoms with Gasteiger partial charge in [-0.3, -0.25) is 0 Å². The second-order valence-electron chi connectivity index (χ2n) is 3.89. The van der Waals surface area contributed by atoms with Gasteiger partial charge >= 0.3 is 5.97 Å². The van der Waals surface area contributed by atoms with Crippen LogP contribution < -0.4 is 0 Å². The Bertz CT molecular complexity index is 371. The first-order valence-electron chi connectivity index (χ1n) is 5.45. The number of carbonyl (C=O) groups is 1. The Labute approximate surface area is 96.1 Å². The summed E-state index contributed by atoms with van der Waals surface area (Å²) in [4.78, 5) is 11.2. The first-order valence-corrected chi connectivity index (χ1v) is 5.45. The molecule has 0 aliphatic rings. The smallest absolute Gasteiger partial charge is 0.335 e. The fraction of sp³-hybridized carbons (Fsp3) is 0.462. The quantitative estimate of drug-likeness (QED) is 0.790. The largest absolute Gasteiger partial charge is 0.464 e. The minimum absolute atomic E-state index is 0.294. The normalized spacial score (nSPS) is 12.2. The summed E-state index contributed by atoms with van der Waals surface area (Å²) in [6, 6.07) is 5.89. The third-order valence-corrected chi connectivity index (χ3v) is 2.56. The molecule has 0 aliphatic heterocycles. The van der Waals surface area contributed by atoms with Gasteiger partial charge in [0, 0.05) is 6.42 Å². The molecule has 1 atom stereocenters. The van der Waals surface area contributed by atoms with Gasteiger partial charge in [-0.2, -0.15) is 0 Å². The lowest BCUT2D eigenvalue weighted by atomic mass is 10.0. The number of aliphatic hydroxyl groups is 1. The minimum atomic E-state index is -1.07. The lowest BCUT2D eigenvalue weighted by molar-refractivity contribution is -0.152. The molecular formula is C13H18O3. The first-order chi connectivity index (χ1) is 7.54. The second kappa shape index (κ2) is 5.66. The molecule has 88 valence electrons. The van der Waals surface area contributed by atoms with E-state index in [9.17, 15) is 9.90 Å². The van der Waals surface area contributed by atoms with Crippen molar-refractivity contribution in [3.8, 4) is 0 Å². The van der Waals surface area contributed by atoms with E-state index in [4.69, 9.17) is 4.74 Å². The Balaban J connectivity index is 2.66. The third-order valence-electron chi connectivity index (χ3n) is 2.56. The zero-order valence-corrected chi connectivity index (χ0v) is 9.99. The number of aliphatic hydroxyl groups excluding tert-OH is 1. The molecule has 0 saturated heterocycles. The number of esters is 1. The molecule has 1 aromatic rings. The highest BCUT2D eigenvalue weighted by Gasteiger charge is 2.16. The van der Waals surface area contributed by atoms with E-state index >= 15 is 0 Å². The summed E-state index contributed by atoms with van der Waals surface area (Å²) in [7, 11) is 0. The predicted molar refractivity (Wildman–Crippen MR) is 62.3 cm³/mol. The van der Waals surface area contributed by atoms with Gasteiger partial charge in [0.2, 0.25) is 0 Å². The highest BCUT2D eigenvalue weighted by Crippen LogP contribution is 2.12. The van der Waals surface area contributed by atoms with Gasteiger partial charge in [-0.05, 0) is 37.5 Å². The van der Waals surface area contributed by atoms with Crippen molar-refractivity contribution in [2.75, 3.05) is 6.61 Å². The molecule has 0 heterocycles. The van der Waals surface area contributed by atoms with Gasteiger partial charge in [0.25, 0.3) is 0 Å². The molecule has 0 fully saturated rings. The second-order valence-corrected chi connectivity index (χ2v) is 3.89. The summed E-state index contributed by atoms with van der Waals surface area (Å²) in [5, 5.41) is 9.59. The number of hydrogen-bond acceptors (Lipinski definition) is 3. The number of hydrogen-bond donors (Lipinski definition) is 1. The Kier molecular flexibility index (Phi) is 4.50. The topological polar surface area (TPSA) is 46.5 Å². The van der Waals surface area contributed by atoms with E-state index in [0.29, 0.717) is 13.0 Å². The number of aryl methyl sites for hydroxylation is 2. The number of rotatable bonds is 4. The van der Waals surface area contributed by atoms with Gasteiger partial charge in [-0.1, -0.05) is 18.2 Å². The van der Waals surface area contributed by atoms with Crippen molar-refractivity contribution >= 4 is 5.97 Å². The van der Waals surface area contributed by atoms with Gasteiger partial charge in [-0.15, -0.1) is 0 Å². The summed E-state index contributed by atoms with van der Waals surface area (Å²) in [6.45, 7) is 6.06. The monoisotopic (exact) mass is 222 g/mol. The van der Waals surface area contributed by atoms with Crippen molar-refractivity contribution in [2.45, 2.75) is 33.3 Å². The number of ether oxygens (including phenoxy) is 1. The van der Waals surface area contributed by atoms with E-state index in [1.165, 1.54) is 5.56 Å². The molecular weight excluding hydrogens is 204 g/mol. The van der Waals surface area contributed by atoms with E-state index in [1.54, 1.807) is 6.92 Å². The third kappa shape index (κ3) is 3.35. The van der Waals surface area contributed by atoms with Crippen LogP contribution in [-0.2, 0) is 16.0 Å². The molecule has 1 N–H and O–H groups in total. The van der Waals surface area contributed by atoms with Crippen molar-refractivity contribution < 1.29 is 14.6 Å². The van der Waals surface area contributed by atoms with Crippen LogP contribution in [0.5, 0.6) is 0 Å². The van der Waals surface area contributed by atoms with Crippen molar-refractivity contribution in [3.63, 3.8) is 0 Å². The van der Waals surface area contributed by atoms with Crippen molar-refractivity contribution in [1.29, 1.82) is 0 Å². The molecule has 16 heavy (non-hydrogen) atoms. The standard InChI is InChI=1S/C13H18O3/c1-4-16-13(15)12(14)8-11-6-5-9(2)10(3)7-11/h5-7,12,14H,4,8H2,1-3H3. The number of carbonyl (C=O) groups excluding carboxylic acids is 1. The SMILES string of the molecule is CCOC(=O)C(O)Cc1ccc(C)c(C)c1. The van der Waals surface area contributed by atoms with E-state index < -0.39 is 12.1 Å². The first kappa shape index (κ1) is 12.7.